The van der Waals surface area contributed by atoms with Crippen molar-refractivity contribution in [2.24, 2.45) is 5.73 Å². The van der Waals surface area contributed by atoms with Crippen molar-refractivity contribution in [1.82, 2.24) is 25.8 Å². The van der Waals surface area contributed by atoms with Crippen molar-refractivity contribution in [3.05, 3.63) is 0 Å². The fourth-order valence-electron chi connectivity index (χ4n) is 3.17. The van der Waals surface area contributed by atoms with Gasteiger partial charge in [0.1, 0.15) is 0 Å². The Balaban J connectivity index is 2.86. The molecule has 1 heterocycles. The number of carbonyl (C=O) groups excluding carboxylic acids is 1. The van der Waals surface area contributed by atoms with Crippen LogP contribution in [-0.4, -0.2) is 112 Å². The normalized spacial score (nSPS) is 20.8. The third-order valence-corrected chi connectivity index (χ3v) is 4.68. The van der Waals surface area contributed by atoms with Crippen LogP contribution in [0.1, 0.15) is 12.8 Å². The highest BCUT2D eigenvalue weighted by Gasteiger charge is 2.32. The van der Waals surface area contributed by atoms with Gasteiger partial charge in [0.15, 0.2) is 5.78 Å². The van der Waals surface area contributed by atoms with Crippen molar-refractivity contribution >= 4 is 11.8 Å². The Morgan fingerprint density at radius 3 is 1.96 bits per heavy atom. The minimum atomic E-state index is -0.881. The van der Waals surface area contributed by atoms with Crippen LogP contribution in [0.3, 0.4) is 0 Å². The number of ketones is 1. The molecule has 0 aromatic carbocycles. The Bertz CT molecular complexity index is 409. The van der Waals surface area contributed by atoms with Gasteiger partial charge in [0, 0.05) is 65.3 Å². The van der Waals surface area contributed by atoms with E-state index < -0.39 is 18.1 Å². The van der Waals surface area contributed by atoms with E-state index in [-0.39, 0.29) is 18.7 Å². The number of nitrogens with one attached hydrogen (secondary N) is 3. The number of carboxylic acid groups (broad SMARTS) is 1. The molecule has 9 heteroatoms. The van der Waals surface area contributed by atoms with Crippen LogP contribution < -0.4 is 21.7 Å². The molecule has 0 spiro atoms. The zero-order valence-corrected chi connectivity index (χ0v) is 16.2. The van der Waals surface area contributed by atoms with Gasteiger partial charge in [0.05, 0.1) is 12.1 Å². The summed E-state index contributed by atoms with van der Waals surface area (Å²) in [5.74, 6) is -0.874. The molecule has 1 saturated heterocycles. The maximum atomic E-state index is 13.1. The fraction of sp³-hybridized carbons (Fsp3) is 0.882. The molecule has 1 aliphatic rings. The number of aliphatic carboxylic acids is 1. The quantitative estimate of drug-likeness (QED) is 0.322. The summed E-state index contributed by atoms with van der Waals surface area (Å²) in [6, 6.07) is -0.841. The number of nitrogens with two attached hydrogens (primary N) is 1. The lowest BCUT2D eigenvalue weighted by Crippen LogP contribution is -2.55. The standard InChI is InChI=1S/C17H36N6O3/c1-22(2)15(13-18)17(26)14(3-4-16(24)25)23-11-9-20-7-5-19-6-8-21-10-12-23/h14-15,19-21H,3-13,18H2,1-2H3,(H,24,25). The second kappa shape index (κ2) is 13.1. The number of hydrogen-bond donors (Lipinski definition) is 5. The van der Waals surface area contributed by atoms with Gasteiger partial charge < -0.3 is 26.8 Å². The topological polar surface area (TPSA) is 123 Å². The lowest BCUT2D eigenvalue weighted by molar-refractivity contribution is -0.138. The molecule has 6 N–H and O–H groups in total. The van der Waals surface area contributed by atoms with Gasteiger partial charge >= 0.3 is 5.97 Å². The number of hydrogen-bond acceptors (Lipinski definition) is 8. The van der Waals surface area contributed by atoms with Crippen LogP contribution in [0.2, 0.25) is 0 Å². The highest BCUT2D eigenvalue weighted by Crippen LogP contribution is 2.12. The van der Waals surface area contributed by atoms with Crippen molar-refractivity contribution in [3.8, 4) is 0 Å². The van der Waals surface area contributed by atoms with Crippen molar-refractivity contribution in [2.75, 3.05) is 73.0 Å². The van der Waals surface area contributed by atoms with Crippen molar-refractivity contribution in [1.29, 1.82) is 0 Å². The van der Waals surface area contributed by atoms with Crippen LogP contribution in [0, 0.1) is 0 Å². The first kappa shape index (κ1) is 22.9. The third kappa shape index (κ3) is 8.52. The molecule has 1 aliphatic heterocycles. The van der Waals surface area contributed by atoms with Gasteiger partial charge in [0.25, 0.3) is 0 Å². The SMILES string of the molecule is CN(C)C(CN)C(=O)C(CCC(=O)O)N1CCNCCNCCNCC1. The molecule has 9 nitrogen and oxygen atoms in total. The average molecular weight is 373 g/mol. The van der Waals surface area contributed by atoms with Crippen molar-refractivity contribution in [2.45, 2.75) is 24.9 Å². The van der Waals surface area contributed by atoms with Gasteiger partial charge in [-0.1, -0.05) is 0 Å². The van der Waals surface area contributed by atoms with Crippen molar-refractivity contribution in [3.63, 3.8) is 0 Å². The molecule has 2 atom stereocenters. The van der Waals surface area contributed by atoms with E-state index in [1.165, 1.54) is 0 Å². The number of carbonyl (C=O) groups is 2. The Morgan fingerprint density at radius 1 is 1.04 bits per heavy atom. The summed E-state index contributed by atoms with van der Waals surface area (Å²) in [4.78, 5) is 28.1. The molecule has 2 unspecified atom stereocenters. The van der Waals surface area contributed by atoms with Crippen molar-refractivity contribution < 1.29 is 14.7 Å². The molecule has 0 amide bonds. The second-order valence-corrected chi connectivity index (χ2v) is 6.85. The summed E-state index contributed by atoms with van der Waals surface area (Å²) in [6.07, 6.45) is 0.280. The van der Waals surface area contributed by atoms with Gasteiger partial charge in [-0.15, -0.1) is 0 Å². The molecule has 0 bridgehead atoms. The summed E-state index contributed by atoms with van der Waals surface area (Å²) < 4.78 is 0. The van der Waals surface area contributed by atoms with Crippen LogP contribution in [0.15, 0.2) is 0 Å². The minimum Gasteiger partial charge on any atom is -0.481 e. The largest absolute Gasteiger partial charge is 0.481 e. The van der Waals surface area contributed by atoms with E-state index in [1.54, 1.807) is 0 Å². The minimum absolute atomic E-state index is 0.00695. The molecule has 0 saturated carbocycles. The zero-order chi connectivity index (χ0) is 19.4. The summed E-state index contributed by atoms with van der Waals surface area (Å²) in [7, 11) is 3.66. The summed E-state index contributed by atoms with van der Waals surface area (Å²) in [5.41, 5.74) is 5.81. The molecular weight excluding hydrogens is 336 g/mol. The molecule has 0 aliphatic carbocycles. The predicted molar refractivity (Wildman–Crippen MR) is 102 cm³/mol. The Hall–Kier alpha value is -1.10. The highest BCUT2D eigenvalue weighted by molar-refractivity contribution is 5.89. The fourth-order valence-corrected chi connectivity index (χ4v) is 3.17. The third-order valence-electron chi connectivity index (χ3n) is 4.68. The van der Waals surface area contributed by atoms with Crippen LogP contribution in [-0.2, 0) is 9.59 Å². The van der Waals surface area contributed by atoms with Crippen LogP contribution in [0.25, 0.3) is 0 Å². The summed E-state index contributed by atoms with van der Waals surface area (Å²) in [6.45, 7) is 6.67. The maximum Gasteiger partial charge on any atom is 0.303 e. The van der Waals surface area contributed by atoms with Gasteiger partial charge in [-0.05, 0) is 20.5 Å². The van der Waals surface area contributed by atoms with E-state index in [0.29, 0.717) is 19.5 Å². The summed E-state index contributed by atoms with van der Waals surface area (Å²) >= 11 is 0. The van der Waals surface area contributed by atoms with Gasteiger partial charge in [-0.25, -0.2) is 0 Å². The number of carboxylic acids is 1. The van der Waals surface area contributed by atoms with E-state index in [4.69, 9.17) is 10.8 Å². The second-order valence-electron chi connectivity index (χ2n) is 6.85. The molecule has 26 heavy (non-hydrogen) atoms. The summed E-state index contributed by atoms with van der Waals surface area (Å²) in [5, 5.41) is 19.2. The first-order valence-corrected chi connectivity index (χ1v) is 9.45. The van der Waals surface area contributed by atoms with Crippen LogP contribution >= 0.6 is 0 Å². The van der Waals surface area contributed by atoms with E-state index in [2.05, 4.69) is 20.9 Å². The average Bonchev–Trinajstić information content (AvgIpc) is 2.56. The number of Topliss-reactive ketones (excluding diaryl/α,β-unsaturated/α-hetero) is 1. The maximum absolute atomic E-state index is 13.1. The Kier molecular flexibility index (Phi) is 11.6. The molecule has 0 aromatic heterocycles. The van der Waals surface area contributed by atoms with E-state index >= 15 is 0 Å². The van der Waals surface area contributed by atoms with Gasteiger partial charge in [0.2, 0.25) is 0 Å². The lowest BCUT2D eigenvalue weighted by atomic mass is 9.98. The predicted octanol–water partition coefficient (Wildman–Crippen LogP) is -2.24. The van der Waals surface area contributed by atoms with E-state index in [1.807, 2.05) is 19.0 Å². The number of nitrogens with zero attached hydrogens (tertiary/aromatic N) is 2. The molecule has 1 rings (SSSR count). The monoisotopic (exact) mass is 372 g/mol. The number of rotatable bonds is 8. The highest BCUT2D eigenvalue weighted by atomic mass is 16.4. The smallest absolute Gasteiger partial charge is 0.303 e. The first-order chi connectivity index (χ1) is 12.5. The molecular formula is C17H36N6O3. The van der Waals surface area contributed by atoms with E-state index in [9.17, 15) is 9.59 Å². The Morgan fingerprint density at radius 2 is 1.54 bits per heavy atom. The van der Waals surface area contributed by atoms with E-state index in [0.717, 1.165) is 39.3 Å². The molecule has 152 valence electrons. The Labute approximate surface area is 156 Å². The van der Waals surface area contributed by atoms with Crippen LogP contribution in [0.5, 0.6) is 0 Å². The van der Waals surface area contributed by atoms with Gasteiger partial charge in [-0.2, -0.15) is 0 Å². The van der Waals surface area contributed by atoms with Crippen LogP contribution in [0.4, 0.5) is 0 Å². The molecule has 0 radical (unpaired) electrons. The lowest BCUT2D eigenvalue weighted by Gasteiger charge is -2.34. The number of likely N-dealkylation sites (N-methyl/N-ethyl adjacent to an activating group) is 1. The molecule has 1 fully saturated rings. The van der Waals surface area contributed by atoms with Gasteiger partial charge in [-0.3, -0.25) is 19.4 Å². The first-order valence-electron chi connectivity index (χ1n) is 9.45. The zero-order valence-electron chi connectivity index (χ0n) is 16.2. The molecule has 0 aromatic rings.